The van der Waals surface area contributed by atoms with Crippen LogP contribution in [0.25, 0.3) is 134 Å². The first-order valence-corrected chi connectivity index (χ1v) is 27.4. The van der Waals surface area contributed by atoms with Crippen LogP contribution in [0.4, 0.5) is 0 Å². The Balaban J connectivity index is 0.000000223. The molecule has 78 heavy (non-hydrogen) atoms. The number of hydrogen-bond donors (Lipinski definition) is 0. The zero-order valence-corrected chi connectivity index (χ0v) is 43.9. The molecule has 5 heterocycles. The number of benzene rings is 9. The normalized spacial score (nSPS) is 13.2. The minimum atomic E-state index is 0.883. The van der Waals surface area contributed by atoms with Crippen molar-refractivity contribution in [3.05, 3.63) is 252 Å². The van der Waals surface area contributed by atoms with Gasteiger partial charge in [-0.3, -0.25) is 0 Å². The van der Waals surface area contributed by atoms with E-state index in [2.05, 4.69) is 265 Å². The van der Waals surface area contributed by atoms with Crippen molar-refractivity contribution in [3.8, 4) is 39.3 Å². The molecular formula is C73H55N3O2. The summed E-state index contributed by atoms with van der Waals surface area (Å²) < 4.78 is 20.6. The first-order chi connectivity index (χ1) is 38.5. The molecule has 2 aliphatic carbocycles. The maximum Gasteiger partial charge on any atom is 0.159 e. The van der Waals surface area contributed by atoms with Gasteiger partial charge in [0.25, 0.3) is 0 Å². The molecule has 0 amide bonds. The number of furan rings is 2. The fourth-order valence-electron chi connectivity index (χ4n) is 13.0. The van der Waals surface area contributed by atoms with E-state index in [-0.39, 0.29) is 0 Å². The molecule has 0 saturated carbocycles. The molecule has 5 heteroatoms. The van der Waals surface area contributed by atoms with Crippen LogP contribution < -0.4 is 0 Å². The summed E-state index contributed by atoms with van der Waals surface area (Å²) in [4.78, 5) is 0. The molecule has 5 nitrogen and oxygen atoms in total. The predicted molar refractivity (Wildman–Crippen MR) is 328 cm³/mol. The smallest absolute Gasteiger partial charge is 0.159 e. The molecule has 16 rings (SSSR count). The van der Waals surface area contributed by atoms with Gasteiger partial charge in [0, 0.05) is 77.3 Å². The van der Waals surface area contributed by atoms with Crippen LogP contribution in [0.2, 0.25) is 0 Å². The van der Waals surface area contributed by atoms with Crippen LogP contribution in [0.15, 0.2) is 221 Å². The highest BCUT2D eigenvalue weighted by atomic mass is 16.3. The zero-order chi connectivity index (χ0) is 52.0. The van der Waals surface area contributed by atoms with Crippen molar-refractivity contribution in [1.82, 2.24) is 13.7 Å². The SMILES string of the molecule is C/C=C\c1c(C)n(-c2ccccc2C)c2ccccc12.C1=Cc2c(c3ccccc3n2-c2cccc(-c3cccc4c3oc3ccc(-c5ccc6oc7c(-n8c9c(c%10ccccc%108)CCC=C9)cccc7c6c5)cc34)c2)CC1. The van der Waals surface area contributed by atoms with Crippen LogP contribution in [0.3, 0.4) is 0 Å². The number of nitrogens with zero attached hydrogens (tertiary/aromatic N) is 3. The van der Waals surface area contributed by atoms with E-state index in [1.165, 1.54) is 77.7 Å². The van der Waals surface area contributed by atoms with E-state index in [1.54, 1.807) is 0 Å². The van der Waals surface area contributed by atoms with Crippen LogP contribution >= 0.6 is 0 Å². The minimum absolute atomic E-state index is 0.883. The molecule has 0 radical (unpaired) electrons. The summed E-state index contributed by atoms with van der Waals surface area (Å²) in [7, 11) is 0. The van der Waals surface area contributed by atoms with Crippen LogP contribution in [0.1, 0.15) is 59.1 Å². The molecule has 0 spiro atoms. The Bertz CT molecular complexity index is 4840. The van der Waals surface area contributed by atoms with Gasteiger partial charge in [0.2, 0.25) is 0 Å². The predicted octanol–water partition coefficient (Wildman–Crippen LogP) is 19.9. The Morgan fingerprint density at radius 1 is 0.423 bits per heavy atom. The van der Waals surface area contributed by atoms with Gasteiger partial charge < -0.3 is 22.5 Å². The van der Waals surface area contributed by atoms with Gasteiger partial charge in [0.05, 0.1) is 22.2 Å². The zero-order valence-electron chi connectivity index (χ0n) is 43.9. The number of aromatic nitrogens is 3. The van der Waals surface area contributed by atoms with E-state index in [1.807, 2.05) is 0 Å². The number of allylic oxidation sites excluding steroid dienone is 3. The average Bonchev–Trinajstić information content (AvgIpc) is 4.46. The molecule has 5 aromatic heterocycles. The number of para-hydroxylation sites is 6. The topological polar surface area (TPSA) is 41.1 Å². The summed E-state index contributed by atoms with van der Waals surface area (Å²) in [5.74, 6) is 0. The highest BCUT2D eigenvalue weighted by Crippen LogP contribution is 2.43. The third-order valence-corrected chi connectivity index (χ3v) is 16.5. The highest BCUT2D eigenvalue weighted by molar-refractivity contribution is 6.12. The number of aryl methyl sites for hydroxylation is 3. The molecule has 0 aliphatic heterocycles. The monoisotopic (exact) mass is 1010 g/mol. The van der Waals surface area contributed by atoms with Crippen molar-refractivity contribution in [2.45, 2.75) is 46.5 Å². The van der Waals surface area contributed by atoms with Crippen LogP contribution in [0, 0.1) is 13.8 Å². The summed E-state index contributed by atoms with van der Waals surface area (Å²) in [6.07, 6.45) is 17.7. The van der Waals surface area contributed by atoms with Crippen molar-refractivity contribution in [3.63, 3.8) is 0 Å². The first kappa shape index (κ1) is 45.8. The number of fused-ring (bicyclic) bond motifs is 13. The fourth-order valence-corrected chi connectivity index (χ4v) is 13.0. The summed E-state index contributed by atoms with van der Waals surface area (Å²) in [5.41, 5.74) is 24.6. The fraction of sp³-hybridized carbons (Fsp3) is 0.0959. The quantitative estimate of drug-likeness (QED) is 0.167. The molecule has 0 N–H and O–H groups in total. The molecule has 9 aromatic carbocycles. The molecule has 0 atom stereocenters. The van der Waals surface area contributed by atoms with Crippen molar-refractivity contribution in [2.75, 3.05) is 0 Å². The standard InChI is InChI=1S/C54H36N2O2.C19H19N/c1-5-21-46-38(14-1)39-15-2-6-22-47(39)55(46)36-13-9-12-35(30-36)37-18-10-19-42-44-31-33(26-28-51(44)57-53(37)42)34-27-29-52-45(32-34)43-20-11-25-50(54(43)58-52)56-48-23-7-3-16-40(48)41-17-4-8-24-49(41)56;1-4-9-16-15(3)20(18-12-7-5-10-14(18)2)19-13-8-6-11-17(16)19/h1,3,5-14,16,18-32H,2,4,15,17H2;4-13H,1-3H3/b;9-4-. The third-order valence-electron chi connectivity index (χ3n) is 16.5. The molecule has 14 aromatic rings. The maximum atomic E-state index is 6.72. The average molecular weight is 1010 g/mol. The van der Waals surface area contributed by atoms with Crippen molar-refractivity contribution in [2.24, 2.45) is 0 Å². The van der Waals surface area contributed by atoms with E-state index in [0.717, 1.165) is 103 Å². The Kier molecular flexibility index (Phi) is 10.8. The largest absolute Gasteiger partial charge is 0.455 e. The van der Waals surface area contributed by atoms with Crippen molar-refractivity contribution >= 4 is 94.8 Å². The van der Waals surface area contributed by atoms with E-state index >= 15 is 0 Å². The summed E-state index contributed by atoms with van der Waals surface area (Å²) in [5, 5.41) is 8.43. The van der Waals surface area contributed by atoms with Crippen LogP contribution in [0.5, 0.6) is 0 Å². The van der Waals surface area contributed by atoms with E-state index in [0.29, 0.717) is 0 Å². The minimum Gasteiger partial charge on any atom is -0.455 e. The molecule has 0 bridgehead atoms. The molecule has 374 valence electrons. The number of hydrogen-bond acceptors (Lipinski definition) is 2. The van der Waals surface area contributed by atoms with Crippen LogP contribution in [-0.4, -0.2) is 13.7 Å². The summed E-state index contributed by atoms with van der Waals surface area (Å²) >= 11 is 0. The molecule has 0 unspecified atom stereocenters. The second-order valence-electron chi connectivity index (χ2n) is 21.0. The van der Waals surface area contributed by atoms with Gasteiger partial charge in [-0.1, -0.05) is 152 Å². The molecular weight excluding hydrogens is 951 g/mol. The summed E-state index contributed by atoms with van der Waals surface area (Å²) in [6.45, 7) is 6.43. The lowest BCUT2D eigenvalue weighted by Gasteiger charge is -2.13. The van der Waals surface area contributed by atoms with Gasteiger partial charge >= 0.3 is 0 Å². The second-order valence-corrected chi connectivity index (χ2v) is 21.0. The number of rotatable bonds is 6. The van der Waals surface area contributed by atoms with Crippen LogP contribution in [-0.2, 0) is 12.8 Å². The lowest BCUT2D eigenvalue weighted by molar-refractivity contribution is 0.665. The van der Waals surface area contributed by atoms with Crippen molar-refractivity contribution < 1.29 is 8.83 Å². The van der Waals surface area contributed by atoms with Gasteiger partial charge in [-0.15, -0.1) is 0 Å². The van der Waals surface area contributed by atoms with Gasteiger partial charge in [-0.25, -0.2) is 0 Å². The van der Waals surface area contributed by atoms with Crippen molar-refractivity contribution in [1.29, 1.82) is 0 Å². The molecule has 0 saturated heterocycles. The first-order valence-electron chi connectivity index (χ1n) is 27.4. The summed E-state index contributed by atoms with van der Waals surface area (Å²) in [6, 6.07) is 69.9. The van der Waals surface area contributed by atoms with Gasteiger partial charge in [0.1, 0.15) is 16.7 Å². The Hall–Kier alpha value is -9.58. The van der Waals surface area contributed by atoms with E-state index in [9.17, 15) is 0 Å². The van der Waals surface area contributed by atoms with Gasteiger partial charge in [-0.05, 0) is 159 Å². The molecule has 2 aliphatic rings. The van der Waals surface area contributed by atoms with E-state index in [4.69, 9.17) is 8.83 Å². The Morgan fingerprint density at radius 2 is 0.962 bits per heavy atom. The Labute approximate surface area is 452 Å². The lowest BCUT2D eigenvalue weighted by Crippen LogP contribution is -2.00. The van der Waals surface area contributed by atoms with Gasteiger partial charge in [-0.2, -0.15) is 0 Å². The Morgan fingerprint density at radius 3 is 1.64 bits per heavy atom. The van der Waals surface area contributed by atoms with E-state index < -0.39 is 0 Å². The lowest BCUT2D eigenvalue weighted by atomic mass is 9.99. The van der Waals surface area contributed by atoms with Gasteiger partial charge in [0.15, 0.2) is 5.58 Å². The second kappa shape index (κ2) is 18.3. The highest BCUT2D eigenvalue weighted by Gasteiger charge is 2.23. The molecule has 0 fully saturated rings. The third kappa shape index (κ3) is 7.15. The maximum absolute atomic E-state index is 6.72.